The summed E-state index contributed by atoms with van der Waals surface area (Å²) in [7, 11) is 0. The number of nitrogens with zero attached hydrogens (tertiary/aromatic N) is 3. The molecule has 1 amide bonds. The molecular formula is C20H21N3O4. The molecule has 7 heteroatoms. The van der Waals surface area contributed by atoms with Gasteiger partial charge in [-0.15, -0.1) is 0 Å². The maximum Gasteiger partial charge on any atom is 0.410 e. The zero-order chi connectivity index (χ0) is 18.4. The van der Waals surface area contributed by atoms with Crippen molar-refractivity contribution in [2.75, 3.05) is 37.9 Å². The highest BCUT2D eigenvalue weighted by molar-refractivity contribution is 5.73. The highest BCUT2D eigenvalue weighted by Gasteiger charge is 2.49. The Balaban J connectivity index is 1.43. The van der Waals surface area contributed by atoms with E-state index in [1.165, 1.54) is 0 Å². The van der Waals surface area contributed by atoms with E-state index >= 15 is 0 Å². The maximum atomic E-state index is 12.0. The Kier molecular flexibility index (Phi) is 3.63. The van der Waals surface area contributed by atoms with E-state index in [0.29, 0.717) is 13.2 Å². The lowest BCUT2D eigenvalue weighted by Crippen LogP contribution is -2.61. The Morgan fingerprint density at radius 2 is 2.00 bits per heavy atom. The zero-order valence-corrected chi connectivity index (χ0v) is 15.2. The second kappa shape index (κ2) is 6.04. The molecule has 2 aromatic rings. The topological polar surface area (TPSA) is 64.1 Å². The summed E-state index contributed by atoms with van der Waals surface area (Å²) < 4.78 is 16.2. The van der Waals surface area contributed by atoms with Gasteiger partial charge in [-0.3, -0.25) is 9.88 Å². The van der Waals surface area contributed by atoms with E-state index in [4.69, 9.17) is 14.2 Å². The third kappa shape index (κ3) is 2.57. The van der Waals surface area contributed by atoms with E-state index in [1.807, 2.05) is 35.4 Å². The molecule has 1 aromatic heterocycles. The number of pyridine rings is 1. The Morgan fingerprint density at radius 3 is 2.89 bits per heavy atom. The number of rotatable bonds is 3. The number of hydrogen-bond acceptors (Lipinski definition) is 6. The average molecular weight is 367 g/mol. The van der Waals surface area contributed by atoms with Gasteiger partial charge in [-0.2, -0.15) is 0 Å². The van der Waals surface area contributed by atoms with Gasteiger partial charge in [0, 0.05) is 37.1 Å². The minimum Gasteiger partial charge on any atom is -0.454 e. The molecule has 1 unspecified atom stereocenters. The largest absolute Gasteiger partial charge is 0.454 e. The minimum absolute atomic E-state index is 0.188. The standard InChI is InChI=1S/C20H21N3O4/c1-2-20-11-22(7-8-23(20)19(24)25-12-20)15-5-6-21-16(10-15)14-3-4-17-18(9-14)27-13-26-17/h3-6,9-10H,2,7-8,11-13H2,1H3. The van der Waals surface area contributed by atoms with Crippen LogP contribution in [0.25, 0.3) is 11.3 Å². The molecule has 0 N–H and O–H groups in total. The summed E-state index contributed by atoms with van der Waals surface area (Å²) in [4.78, 5) is 20.7. The molecule has 0 saturated carbocycles. The van der Waals surface area contributed by atoms with Gasteiger partial charge < -0.3 is 19.1 Å². The van der Waals surface area contributed by atoms with Crippen molar-refractivity contribution in [2.24, 2.45) is 0 Å². The van der Waals surface area contributed by atoms with Crippen LogP contribution in [0.15, 0.2) is 36.5 Å². The first-order chi connectivity index (χ1) is 13.2. The summed E-state index contributed by atoms with van der Waals surface area (Å²) in [5, 5.41) is 0. The van der Waals surface area contributed by atoms with Crippen LogP contribution in [-0.4, -0.2) is 54.6 Å². The van der Waals surface area contributed by atoms with Crippen molar-refractivity contribution < 1.29 is 19.0 Å². The first-order valence-corrected chi connectivity index (χ1v) is 9.24. The van der Waals surface area contributed by atoms with Gasteiger partial charge in [0.05, 0.1) is 11.2 Å². The zero-order valence-electron chi connectivity index (χ0n) is 15.2. The molecule has 0 aliphatic carbocycles. The number of hydrogen-bond donors (Lipinski definition) is 0. The first-order valence-electron chi connectivity index (χ1n) is 9.24. The second-order valence-electron chi connectivity index (χ2n) is 7.17. The van der Waals surface area contributed by atoms with E-state index < -0.39 is 0 Å². The van der Waals surface area contributed by atoms with E-state index in [2.05, 4.69) is 22.9 Å². The summed E-state index contributed by atoms with van der Waals surface area (Å²) in [6, 6.07) is 9.98. The Labute approximate surface area is 157 Å². The lowest BCUT2D eigenvalue weighted by atomic mass is 9.92. The minimum atomic E-state index is -0.239. The predicted molar refractivity (Wildman–Crippen MR) is 99.1 cm³/mol. The normalized spacial score (nSPS) is 23.4. The summed E-state index contributed by atoms with van der Waals surface area (Å²) in [5.74, 6) is 1.52. The quantitative estimate of drug-likeness (QED) is 0.831. The molecule has 27 heavy (non-hydrogen) atoms. The van der Waals surface area contributed by atoms with Crippen molar-refractivity contribution in [2.45, 2.75) is 18.9 Å². The van der Waals surface area contributed by atoms with Crippen LogP contribution >= 0.6 is 0 Å². The SMILES string of the molecule is CCC12COC(=O)N1CCN(c1ccnc(-c3ccc4c(c3)OCO4)c1)C2. The van der Waals surface area contributed by atoms with Crippen molar-refractivity contribution in [1.29, 1.82) is 0 Å². The third-order valence-electron chi connectivity index (χ3n) is 5.77. The number of anilines is 1. The molecule has 1 atom stereocenters. The number of carbonyl (C=O) groups is 1. The second-order valence-corrected chi connectivity index (χ2v) is 7.17. The fourth-order valence-electron chi connectivity index (χ4n) is 4.11. The number of benzene rings is 1. The predicted octanol–water partition coefficient (Wildman–Crippen LogP) is 2.90. The number of ether oxygens (including phenoxy) is 3. The van der Waals surface area contributed by atoms with E-state index in [9.17, 15) is 4.79 Å². The number of aromatic nitrogens is 1. The van der Waals surface area contributed by atoms with Gasteiger partial charge in [-0.25, -0.2) is 4.79 Å². The van der Waals surface area contributed by atoms with Crippen molar-refractivity contribution in [3.05, 3.63) is 36.5 Å². The number of piperazine rings is 1. The molecule has 140 valence electrons. The van der Waals surface area contributed by atoms with Gasteiger partial charge in [0.15, 0.2) is 11.5 Å². The van der Waals surface area contributed by atoms with Crippen LogP contribution in [0.2, 0.25) is 0 Å². The Morgan fingerprint density at radius 1 is 1.11 bits per heavy atom. The van der Waals surface area contributed by atoms with Gasteiger partial charge >= 0.3 is 6.09 Å². The Bertz CT molecular complexity index is 903. The smallest absolute Gasteiger partial charge is 0.410 e. The number of carbonyl (C=O) groups excluding carboxylic acids is 1. The van der Waals surface area contributed by atoms with E-state index in [0.717, 1.165) is 48.0 Å². The molecule has 5 rings (SSSR count). The molecule has 4 heterocycles. The highest BCUT2D eigenvalue weighted by atomic mass is 16.7. The van der Waals surface area contributed by atoms with Crippen molar-refractivity contribution in [3.63, 3.8) is 0 Å². The number of fused-ring (bicyclic) bond motifs is 2. The number of cyclic esters (lactones) is 1. The van der Waals surface area contributed by atoms with E-state index in [1.54, 1.807) is 0 Å². The van der Waals surface area contributed by atoms with Crippen LogP contribution in [0.1, 0.15) is 13.3 Å². The molecule has 3 aliphatic rings. The van der Waals surface area contributed by atoms with Crippen LogP contribution < -0.4 is 14.4 Å². The lowest BCUT2D eigenvalue weighted by molar-refractivity contribution is 0.137. The van der Waals surface area contributed by atoms with Gasteiger partial charge in [-0.1, -0.05) is 6.92 Å². The maximum absolute atomic E-state index is 12.0. The molecular weight excluding hydrogens is 346 g/mol. The fourth-order valence-corrected chi connectivity index (χ4v) is 4.11. The average Bonchev–Trinajstić information content (AvgIpc) is 3.32. The van der Waals surface area contributed by atoms with Crippen molar-refractivity contribution in [3.8, 4) is 22.8 Å². The van der Waals surface area contributed by atoms with Crippen molar-refractivity contribution >= 4 is 11.8 Å². The summed E-state index contributed by atoms with van der Waals surface area (Å²) >= 11 is 0. The summed E-state index contributed by atoms with van der Waals surface area (Å²) in [5.41, 5.74) is 2.74. The monoisotopic (exact) mass is 367 g/mol. The summed E-state index contributed by atoms with van der Waals surface area (Å²) in [6.45, 7) is 5.05. The number of amides is 1. The first kappa shape index (κ1) is 16.2. The lowest BCUT2D eigenvalue weighted by Gasteiger charge is -2.45. The molecule has 7 nitrogen and oxygen atoms in total. The van der Waals surface area contributed by atoms with Crippen molar-refractivity contribution in [1.82, 2.24) is 9.88 Å². The van der Waals surface area contributed by atoms with Crippen LogP contribution in [-0.2, 0) is 4.74 Å². The summed E-state index contributed by atoms with van der Waals surface area (Å²) in [6.07, 6.45) is 2.51. The van der Waals surface area contributed by atoms with Crippen LogP contribution in [0, 0.1) is 0 Å². The fraction of sp³-hybridized carbons (Fsp3) is 0.400. The molecule has 2 fully saturated rings. The molecule has 2 saturated heterocycles. The Hall–Kier alpha value is -2.96. The van der Waals surface area contributed by atoms with Gasteiger partial charge in [0.25, 0.3) is 0 Å². The third-order valence-corrected chi connectivity index (χ3v) is 5.77. The molecule has 3 aliphatic heterocycles. The van der Waals surface area contributed by atoms with Crippen LogP contribution in [0.3, 0.4) is 0 Å². The van der Waals surface area contributed by atoms with E-state index in [-0.39, 0.29) is 18.4 Å². The molecule has 0 radical (unpaired) electrons. The highest BCUT2D eigenvalue weighted by Crippen LogP contribution is 2.37. The van der Waals surface area contributed by atoms with Gasteiger partial charge in [0.1, 0.15) is 6.61 Å². The van der Waals surface area contributed by atoms with Crippen LogP contribution in [0.4, 0.5) is 10.5 Å². The van der Waals surface area contributed by atoms with Gasteiger partial charge in [0.2, 0.25) is 6.79 Å². The van der Waals surface area contributed by atoms with Crippen LogP contribution in [0.5, 0.6) is 11.5 Å². The molecule has 0 spiro atoms. The molecule has 1 aromatic carbocycles. The van der Waals surface area contributed by atoms with Gasteiger partial charge in [-0.05, 0) is 36.8 Å². The molecule has 0 bridgehead atoms.